The van der Waals surface area contributed by atoms with Gasteiger partial charge in [-0.3, -0.25) is 19.9 Å². The van der Waals surface area contributed by atoms with Gasteiger partial charge in [0.05, 0.1) is 11.9 Å². The predicted octanol–water partition coefficient (Wildman–Crippen LogP) is -0.848. The fourth-order valence-electron chi connectivity index (χ4n) is 1.58. The smallest absolute Gasteiger partial charge is 0.249 e. The van der Waals surface area contributed by atoms with Crippen molar-refractivity contribution in [3.05, 3.63) is 18.1 Å². The molecule has 1 aliphatic heterocycles. The number of carbonyl (C=O) groups excluding carboxylic acids is 2. The number of rotatable bonds is 3. The number of aromatic nitrogens is 2. The van der Waals surface area contributed by atoms with Crippen LogP contribution in [0.1, 0.15) is 18.5 Å². The molecule has 1 aromatic rings. The van der Waals surface area contributed by atoms with Gasteiger partial charge in [0.2, 0.25) is 11.8 Å². The molecular weight excluding hydrogens is 222 g/mol. The van der Waals surface area contributed by atoms with E-state index >= 15 is 0 Å². The molecule has 7 nitrogen and oxygen atoms in total. The first kappa shape index (κ1) is 11.5. The molecule has 1 aliphatic rings. The van der Waals surface area contributed by atoms with E-state index in [1.165, 1.54) is 6.20 Å². The summed E-state index contributed by atoms with van der Waals surface area (Å²) < 4.78 is 0. The molecule has 2 rings (SSSR count). The highest BCUT2D eigenvalue weighted by Gasteiger charge is 2.26. The van der Waals surface area contributed by atoms with Gasteiger partial charge in [-0.05, 0) is 6.42 Å². The monoisotopic (exact) mass is 235 g/mol. The summed E-state index contributed by atoms with van der Waals surface area (Å²) >= 11 is 0. The highest BCUT2D eigenvalue weighted by molar-refractivity contribution is 6.01. The fourth-order valence-corrected chi connectivity index (χ4v) is 1.58. The van der Waals surface area contributed by atoms with Crippen LogP contribution in [-0.2, 0) is 16.1 Å². The topological polar surface area (TPSA) is 110 Å². The average Bonchev–Trinajstić information content (AvgIpc) is 2.33. The normalized spacial score (nSPS) is 19.9. The minimum Gasteiger partial charge on any atom is -0.357 e. The van der Waals surface area contributed by atoms with Gasteiger partial charge in [-0.2, -0.15) is 0 Å². The van der Waals surface area contributed by atoms with Crippen LogP contribution in [0.3, 0.4) is 0 Å². The largest absolute Gasteiger partial charge is 0.357 e. The van der Waals surface area contributed by atoms with E-state index in [1.807, 2.05) is 0 Å². The van der Waals surface area contributed by atoms with Crippen molar-refractivity contribution >= 4 is 17.6 Å². The second-order valence-electron chi connectivity index (χ2n) is 3.75. The second kappa shape index (κ2) is 4.88. The summed E-state index contributed by atoms with van der Waals surface area (Å²) in [6, 6.07) is -0.449. The molecule has 2 amide bonds. The highest BCUT2D eigenvalue weighted by atomic mass is 16.2. The summed E-state index contributed by atoms with van der Waals surface area (Å²) in [4.78, 5) is 30.6. The number of nitrogens with one attached hydrogen (secondary N) is 2. The molecule has 0 aromatic carbocycles. The van der Waals surface area contributed by atoms with Crippen LogP contribution in [0.15, 0.2) is 12.4 Å². The molecular formula is C10H13N5O2. The fraction of sp³-hybridized carbons (Fsp3) is 0.400. The van der Waals surface area contributed by atoms with Gasteiger partial charge in [0, 0.05) is 19.2 Å². The summed E-state index contributed by atoms with van der Waals surface area (Å²) in [5, 5.41) is 5.20. The lowest BCUT2D eigenvalue weighted by molar-refractivity contribution is -0.133. The van der Waals surface area contributed by atoms with Crippen LogP contribution in [0.5, 0.6) is 0 Å². The van der Waals surface area contributed by atoms with Crippen molar-refractivity contribution in [3.63, 3.8) is 0 Å². The van der Waals surface area contributed by atoms with Crippen LogP contribution >= 0.6 is 0 Å². The van der Waals surface area contributed by atoms with Crippen molar-refractivity contribution in [2.75, 3.05) is 5.32 Å². The third-order valence-corrected chi connectivity index (χ3v) is 2.45. The van der Waals surface area contributed by atoms with Gasteiger partial charge in [0.15, 0.2) is 0 Å². The molecule has 0 spiro atoms. The van der Waals surface area contributed by atoms with Gasteiger partial charge in [0.1, 0.15) is 11.9 Å². The number of nitrogens with zero attached hydrogens (tertiary/aromatic N) is 2. The van der Waals surface area contributed by atoms with Gasteiger partial charge in [-0.1, -0.05) is 0 Å². The number of carbonyl (C=O) groups is 2. The van der Waals surface area contributed by atoms with E-state index in [9.17, 15) is 9.59 Å². The van der Waals surface area contributed by atoms with Crippen molar-refractivity contribution in [3.8, 4) is 0 Å². The Kier molecular flexibility index (Phi) is 3.29. The molecule has 0 aliphatic carbocycles. The Bertz CT molecular complexity index is 448. The van der Waals surface area contributed by atoms with Crippen molar-refractivity contribution in [1.29, 1.82) is 0 Å². The van der Waals surface area contributed by atoms with Gasteiger partial charge in [-0.25, -0.2) is 4.98 Å². The molecule has 0 saturated carbocycles. The van der Waals surface area contributed by atoms with Gasteiger partial charge in [0.25, 0.3) is 0 Å². The minimum absolute atomic E-state index is 0.241. The Balaban J connectivity index is 2.05. The first-order valence-corrected chi connectivity index (χ1v) is 5.30. The zero-order valence-corrected chi connectivity index (χ0v) is 9.14. The summed E-state index contributed by atoms with van der Waals surface area (Å²) in [5.41, 5.74) is 6.08. The maximum absolute atomic E-state index is 11.5. The van der Waals surface area contributed by atoms with Crippen molar-refractivity contribution in [1.82, 2.24) is 15.3 Å². The van der Waals surface area contributed by atoms with Gasteiger partial charge in [-0.15, -0.1) is 0 Å². The Morgan fingerprint density at radius 3 is 3.00 bits per heavy atom. The predicted molar refractivity (Wildman–Crippen MR) is 59.7 cm³/mol. The number of amides is 2. The van der Waals surface area contributed by atoms with Crippen LogP contribution in [0.2, 0.25) is 0 Å². The maximum Gasteiger partial charge on any atom is 0.249 e. The number of piperidine rings is 1. The Morgan fingerprint density at radius 1 is 1.47 bits per heavy atom. The van der Waals surface area contributed by atoms with Gasteiger partial charge >= 0.3 is 0 Å². The highest BCUT2D eigenvalue weighted by Crippen LogP contribution is 2.11. The van der Waals surface area contributed by atoms with Crippen molar-refractivity contribution < 1.29 is 9.59 Å². The zero-order chi connectivity index (χ0) is 12.3. The van der Waals surface area contributed by atoms with Crippen LogP contribution in [0.25, 0.3) is 0 Å². The van der Waals surface area contributed by atoms with Crippen LogP contribution < -0.4 is 16.4 Å². The number of anilines is 1. The molecule has 1 fully saturated rings. The lowest BCUT2D eigenvalue weighted by Gasteiger charge is -2.22. The molecule has 1 aromatic heterocycles. The second-order valence-corrected chi connectivity index (χ2v) is 3.75. The molecule has 90 valence electrons. The molecule has 1 saturated heterocycles. The number of imide groups is 1. The minimum atomic E-state index is -0.449. The van der Waals surface area contributed by atoms with E-state index in [-0.39, 0.29) is 18.4 Å². The van der Waals surface area contributed by atoms with E-state index in [0.717, 1.165) is 0 Å². The first-order chi connectivity index (χ1) is 8.19. The molecule has 1 atom stereocenters. The SMILES string of the molecule is NCc1cncc(NC2CCC(=O)NC2=O)n1. The maximum atomic E-state index is 11.5. The van der Waals surface area contributed by atoms with E-state index in [0.29, 0.717) is 24.4 Å². The van der Waals surface area contributed by atoms with Gasteiger partial charge < -0.3 is 11.1 Å². The van der Waals surface area contributed by atoms with E-state index < -0.39 is 6.04 Å². The van der Waals surface area contributed by atoms with Crippen LogP contribution in [-0.4, -0.2) is 27.8 Å². The molecule has 1 unspecified atom stereocenters. The third kappa shape index (κ3) is 2.76. The molecule has 4 N–H and O–H groups in total. The molecule has 17 heavy (non-hydrogen) atoms. The number of nitrogens with two attached hydrogens (primary N) is 1. The van der Waals surface area contributed by atoms with Crippen molar-refractivity contribution in [2.45, 2.75) is 25.4 Å². The first-order valence-electron chi connectivity index (χ1n) is 5.30. The standard InChI is InChI=1S/C10H13N5O2/c11-3-6-4-12-5-8(13-6)14-7-1-2-9(16)15-10(7)17/h4-5,7H,1-3,11H2,(H,13,14)(H,15,16,17). The lowest BCUT2D eigenvalue weighted by Crippen LogP contribution is -2.47. The Hall–Kier alpha value is -2.02. The Morgan fingerprint density at radius 2 is 2.29 bits per heavy atom. The summed E-state index contributed by atoms with van der Waals surface area (Å²) in [5.74, 6) is -0.0847. The molecule has 7 heteroatoms. The number of hydrogen-bond donors (Lipinski definition) is 3. The average molecular weight is 235 g/mol. The van der Waals surface area contributed by atoms with E-state index in [2.05, 4.69) is 20.6 Å². The number of hydrogen-bond acceptors (Lipinski definition) is 6. The van der Waals surface area contributed by atoms with E-state index in [4.69, 9.17) is 5.73 Å². The molecule has 0 bridgehead atoms. The zero-order valence-electron chi connectivity index (χ0n) is 9.14. The van der Waals surface area contributed by atoms with Crippen LogP contribution in [0, 0.1) is 0 Å². The third-order valence-electron chi connectivity index (χ3n) is 2.45. The summed E-state index contributed by atoms with van der Waals surface area (Å²) in [6.45, 7) is 0.290. The lowest BCUT2D eigenvalue weighted by atomic mass is 10.1. The van der Waals surface area contributed by atoms with E-state index in [1.54, 1.807) is 6.20 Å². The summed E-state index contributed by atoms with van der Waals surface area (Å²) in [7, 11) is 0. The molecule has 0 radical (unpaired) electrons. The van der Waals surface area contributed by atoms with Crippen molar-refractivity contribution in [2.24, 2.45) is 5.73 Å². The molecule has 2 heterocycles. The van der Waals surface area contributed by atoms with Crippen LogP contribution in [0.4, 0.5) is 5.82 Å². The Labute approximate surface area is 97.8 Å². The quantitative estimate of drug-likeness (QED) is 0.589. The summed E-state index contributed by atoms with van der Waals surface area (Å²) in [6.07, 6.45) is 3.87.